The second-order valence-corrected chi connectivity index (χ2v) is 3.86. The van der Waals surface area contributed by atoms with E-state index in [0.717, 1.165) is 25.2 Å². The predicted molar refractivity (Wildman–Crippen MR) is 58.7 cm³/mol. The molecule has 2 N–H and O–H groups in total. The third kappa shape index (κ3) is 1.14. The predicted octanol–water partition coefficient (Wildman–Crippen LogP) is 0.925. The Morgan fingerprint density at radius 3 is 3.13 bits per heavy atom. The van der Waals surface area contributed by atoms with Crippen molar-refractivity contribution < 1.29 is 0 Å². The van der Waals surface area contributed by atoms with Crippen molar-refractivity contribution in [1.82, 2.24) is 9.55 Å². The number of hydrogen-bond donors (Lipinski definition) is 1. The molecule has 0 spiro atoms. The molecule has 0 fully saturated rings. The van der Waals surface area contributed by atoms with Crippen molar-refractivity contribution in [3.8, 4) is 0 Å². The number of hydrogen-bond acceptors (Lipinski definition) is 3. The lowest BCUT2D eigenvalue weighted by Gasteiger charge is -2.04. The zero-order valence-electron chi connectivity index (χ0n) is 8.23. The van der Waals surface area contributed by atoms with Gasteiger partial charge in [0, 0.05) is 18.7 Å². The molecular formula is C11H11N3O. The van der Waals surface area contributed by atoms with E-state index in [-0.39, 0.29) is 5.56 Å². The minimum Gasteiger partial charge on any atom is -0.399 e. The van der Waals surface area contributed by atoms with Crippen LogP contribution < -0.4 is 11.3 Å². The Kier molecular flexibility index (Phi) is 1.59. The molecule has 1 aromatic heterocycles. The van der Waals surface area contributed by atoms with Crippen LogP contribution in [0.15, 0.2) is 23.0 Å². The van der Waals surface area contributed by atoms with Gasteiger partial charge in [0.1, 0.15) is 5.82 Å². The zero-order valence-corrected chi connectivity index (χ0v) is 8.23. The molecule has 0 bridgehead atoms. The number of fused-ring (bicyclic) bond motifs is 2. The molecule has 4 heteroatoms. The minimum atomic E-state index is 0.0625. The molecule has 0 atom stereocenters. The van der Waals surface area contributed by atoms with E-state index < -0.39 is 0 Å². The lowest BCUT2D eigenvalue weighted by molar-refractivity contribution is 0.719. The van der Waals surface area contributed by atoms with Gasteiger partial charge in [-0.1, -0.05) is 0 Å². The first-order valence-corrected chi connectivity index (χ1v) is 5.05. The van der Waals surface area contributed by atoms with Crippen molar-refractivity contribution in [2.45, 2.75) is 19.4 Å². The van der Waals surface area contributed by atoms with Gasteiger partial charge in [0.2, 0.25) is 0 Å². The average molecular weight is 201 g/mol. The van der Waals surface area contributed by atoms with Crippen molar-refractivity contribution in [2.24, 2.45) is 0 Å². The van der Waals surface area contributed by atoms with Gasteiger partial charge in [-0.05, 0) is 24.6 Å². The Hall–Kier alpha value is -1.84. The van der Waals surface area contributed by atoms with Crippen LogP contribution in [0, 0.1) is 0 Å². The number of nitrogen functional groups attached to an aromatic ring is 1. The van der Waals surface area contributed by atoms with Gasteiger partial charge in [-0.3, -0.25) is 9.36 Å². The maximum atomic E-state index is 12.0. The number of anilines is 1. The third-order valence-electron chi connectivity index (χ3n) is 2.84. The zero-order chi connectivity index (χ0) is 10.4. The standard InChI is InChI=1S/C11H11N3O/c12-7-3-4-8-9(6-7)13-10-2-1-5-14(10)11(8)15/h3-4,6H,1-2,5,12H2. The Bertz CT molecular complexity index is 601. The largest absolute Gasteiger partial charge is 0.399 e. The van der Waals surface area contributed by atoms with Crippen LogP contribution in [0.1, 0.15) is 12.2 Å². The maximum Gasteiger partial charge on any atom is 0.261 e. The van der Waals surface area contributed by atoms with Gasteiger partial charge in [-0.15, -0.1) is 0 Å². The number of aryl methyl sites for hydroxylation is 1. The summed E-state index contributed by atoms with van der Waals surface area (Å²) in [6.07, 6.45) is 1.90. The van der Waals surface area contributed by atoms with Crippen molar-refractivity contribution in [1.29, 1.82) is 0 Å². The second-order valence-electron chi connectivity index (χ2n) is 3.86. The smallest absolute Gasteiger partial charge is 0.261 e. The van der Waals surface area contributed by atoms with Crippen molar-refractivity contribution >= 4 is 16.6 Å². The quantitative estimate of drug-likeness (QED) is 0.645. The number of nitrogens with two attached hydrogens (primary N) is 1. The molecule has 0 unspecified atom stereocenters. The Balaban J connectivity index is 2.46. The lowest BCUT2D eigenvalue weighted by atomic mass is 10.2. The van der Waals surface area contributed by atoms with Crippen LogP contribution in [0.5, 0.6) is 0 Å². The van der Waals surface area contributed by atoms with Gasteiger partial charge < -0.3 is 5.73 Å². The van der Waals surface area contributed by atoms with E-state index in [2.05, 4.69) is 4.98 Å². The molecule has 3 rings (SSSR count). The van der Waals surface area contributed by atoms with E-state index in [1.165, 1.54) is 0 Å². The molecule has 15 heavy (non-hydrogen) atoms. The van der Waals surface area contributed by atoms with Crippen LogP contribution in [0.3, 0.4) is 0 Å². The Morgan fingerprint density at radius 1 is 1.40 bits per heavy atom. The number of nitrogens with zero attached hydrogens (tertiary/aromatic N) is 2. The van der Waals surface area contributed by atoms with Crippen molar-refractivity contribution in [3.63, 3.8) is 0 Å². The average Bonchev–Trinajstić information content (AvgIpc) is 2.65. The van der Waals surface area contributed by atoms with E-state index in [9.17, 15) is 4.79 Å². The molecule has 0 amide bonds. The normalized spacial score (nSPS) is 14.4. The molecule has 0 radical (unpaired) electrons. The summed E-state index contributed by atoms with van der Waals surface area (Å²) in [5.41, 5.74) is 7.10. The molecule has 1 aliphatic rings. The molecule has 0 aliphatic carbocycles. The summed E-state index contributed by atoms with van der Waals surface area (Å²) >= 11 is 0. The molecule has 0 saturated heterocycles. The molecule has 4 nitrogen and oxygen atoms in total. The van der Waals surface area contributed by atoms with E-state index in [1.807, 2.05) is 0 Å². The number of benzene rings is 1. The van der Waals surface area contributed by atoms with Gasteiger partial charge in [-0.25, -0.2) is 4.98 Å². The summed E-state index contributed by atoms with van der Waals surface area (Å²) in [5, 5.41) is 0.662. The van der Waals surface area contributed by atoms with E-state index in [4.69, 9.17) is 5.73 Å². The minimum absolute atomic E-state index is 0.0625. The summed E-state index contributed by atoms with van der Waals surface area (Å²) in [7, 11) is 0. The SMILES string of the molecule is Nc1ccc2c(=O)n3c(nc2c1)CCC3. The van der Waals surface area contributed by atoms with Crippen molar-refractivity contribution in [2.75, 3.05) is 5.73 Å². The molecule has 0 saturated carbocycles. The van der Waals surface area contributed by atoms with Crippen molar-refractivity contribution in [3.05, 3.63) is 34.4 Å². The molecule has 1 aromatic carbocycles. The molecule has 2 heterocycles. The van der Waals surface area contributed by atoms with Gasteiger partial charge >= 0.3 is 0 Å². The summed E-state index contributed by atoms with van der Waals surface area (Å²) in [6.45, 7) is 0.793. The topological polar surface area (TPSA) is 60.9 Å². The summed E-state index contributed by atoms with van der Waals surface area (Å²) < 4.78 is 1.76. The first-order chi connectivity index (χ1) is 7.25. The highest BCUT2D eigenvalue weighted by Gasteiger charge is 2.15. The second kappa shape index (κ2) is 2.82. The van der Waals surface area contributed by atoms with Crippen LogP contribution in [0.4, 0.5) is 5.69 Å². The lowest BCUT2D eigenvalue weighted by Crippen LogP contribution is -2.20. The van der Waals surface area contributed by atoms with Gasteiger partial charge in [-0.2, -0.15) is 0 Å². The van der Waals surface area contributed by atoms with Crippen LogP contribution in [0.25, 0.3) is 10.9 Å². The Labute approximate surface area is 86.4 Å². The van der Waals surface area contributed by atoms with E-state index in [0.29, 0.717) is 16.6 Å². The van der Waals surface area contributed by atoms with Crippen LogP contribution >= 0.6 is 0 Å². The number of rotatable bonds is 0. The highest BCUT2D eigenvalue weighted by atomic mass is 16.1. The highest BCUT2D eigenvalue weighted by Crippen LogP contribution is 2.16. The Morgan fingerprint density at radius 2 is 2.27 bits per heavy atom. The van der Waals surface area contributed by atoms with Gasteiger partial charge in [0.25, 0.3) is 5.56 Å². The third-order valence-corrected chi connectivity index (χ3v) is 2.84. The molecule has 76 valence electrons. The first kappa shape index (κ1) is 8.47. The highest BCUT2D eigenvalue weighted by molar-refractivity contribution is 5.80. The van der Waals surface area contributed by atoms with Gasteiger partial charge in [0.05, 0.1) is 10.9 Å². The van der Waals surface area contributed by atoms with Crippen LogP contribution in [-0.4, -0.2) is 9.55 Å². The first-order valence-electron chi connectivity index (χ1n) is 5.05. The fourth-order valence-electron chi connectivity index (χ4n) is 2.10. The number of aromatic nitrogens is 2. The van der Waals surface area contributed by atoms with E-state index >= 15 is 0 Å². The van der Waals surface area contributed by atoms with Crippen LogP contribution in [-0.2, 0) is 13.0 Å². The fourth-order valence-corrected chi connectivity index (χ4v) is 2.10. The summed E-state index contributed by atoms with van der Waals surface area (Å²) in [6, 6.07) is 5.26. The van der Waals surface area contributed by atoms with E-state index in [1.54, 1.807) is 22.8 Å². The van der Waals surface area contributed by atoms with Gasteiger partial charge in [0.15, 0.2) is 0 Å². The molecule has 1 aliphatic heterocycles. The molecule has 2 aromatic rings. The van der Waals surface area contributed by atoms with Crippen LogP contribution in [0.2, 0.25) is 0 Å². The summed E-state index contributed by atoms with van der Waals surface area (Å²) in [4.78, 5) is 16.5. The maximum absolute atomic E-state index is 12.0. The fraction of sp³-hybridized carbons (Fsp3) is 0.273. The molecular weight excluding hydrogens is 190 g/mol. The summed E-state index contributed by atoms with van der Waals surface area (Å²) in [5.74, 6) is 0.887. The monoisotopic (exact) mass is 201 g/mol.